The minimum Gasteiger partial charge on any atom is -0.337 e. The van der Waals surface area contributed by atoms with Gasteiger partial charge in [0.1, 0.15) is 10.9 Å². The summed E-state index contributed by atoms with van der Waals surface area (Å²) in [5.41, 5.74) is 6.12. The number of amides is 1. The highest BCUT2D eigenvalue weighted by atomic mass is 35.5. The fraction of sp³-hybridized carbons (Fsp3) is 0.0312. The fourth-order valence-electron chi connectivity index (χ4n) is 4.38. The Labute approximate surface area is 235 Å². The van der Waals surface area contributed by atoms with Gasteiger partial charge in [0.05, 0.1) is 38.9 Å². The Kier molecular flexibility index (Phi) is 7.13. The molecule has 0 bridgehead atoms. The van der Waals surface area contributed by atoms with Crippen molar-refractivity contribution in [2.75, 3.05) is 11.1 Å². The maximum atomic E-state index is 12.8. The highest BCUT2D eigenvalue weighted by Gasteiger charge is 2.19. The summed E-state index contributed by atoms with van der Waals surface area (Å²) in [4.78, 5) is 26.4. The number of nitrogens with one attached hydrogen (secondary N) is 2. The number of hydrogen-bond donors (Lipinski definition) is 2. The van der Waals surface area contributed by atoms with Gasteiger partial charge in [0.15, 0.2) is 0 Å². The van der Waals surface area contributed by atoms with E-state index in [1.807, 2.05) is 72.8 Å². The number of thioether (sulfide) groups is 1. The molecule has 2 aromatic heterocycles. The number of pyridine rings is 1. The van der Waals surface area contributed by atoms with Crippen LogP contribution >= 0.6 is 23.4 Å². The van der Waals surface area contributed by atoms with E-state index in [1.54, 1.807) is 12.1 Å². The minimum absolute atomic E-state index is 0.164. The molecule has 0 saturated heterocycles. The Morgan fingerprint density at radius 3 is 2.23 bits per heavy atom. The lowest BCUT2D eigenvalue weighted by molar-refractivity contribution is -0.113. The van der Waals surface area contributed by atoms with Gasteiger partial charge in [-0.15, -0.1) is 0 Å². The number of anilines is 1. The molecule has 7 heteroatoms. The zero-order valence-corrected chi connectivity index (χ0v) is 22.3. The lowest BCUT2D eigenvalue weighted by Gasteiger charge is -2.10. The van der Waals surface area contributed by atoms with E-state index in [1.165, 1.54) is 11.8 Å². The molecule has 0 spiro atoms. The Bertz CT molecular complexity index is 1710. The van der Waals surface area contributed by atoms with Crippen LogP contribution in [-0.4, -0.2) is 26.6 Å². The van der Waals surface area contributed by atoms with Gasteiger partial charge in [-0.05, 0) is 24.3 Å². The second kappa shape index (κ2) is 11.2. The van der Waals surface area contributed by atoms with E-state index < -0.39 is 0 Å². The lowest BCUT2D eigenvalue weighted by Crippen LogP contribution is -2.14. The van der Waals surface area contributed by atoms with Crippen LogP contribution < -0.4 is 5.32 Å². The normalized spacial score (nSPS) is 11.0. The average Bonchev–Trinajstić information content (AvgIpc) is 3.43. The number of halogens is 1. The van der Waals surface area contributed by atoms with Crippen LogP contribution in [0.3, 0.4) is 0 Å². The summed E-state index contributed by atoms with van der Waals surface area (Å²) in [6.07, 6.45) is 0. The van der Waals surface area contributed by atoms with Crippen molar-refractivity contribution < 1.29 is 4.79 Å². The molecular formula is C32H23ClN4OS. The van der Waals surface area contributed by atoms with Crippen molar-refractivity contribution >= 4 is 45.9 Å². The zero-order valence-electron chi connectivity index (χ0n) is 20.8. The lowest BCUT2D eigenvalue weighted by atomic mass is 10.1. The van der Waals surface area contributed by atoms with Gasteiger partial charge >= 0.3 is 0 Å². The molecule has 6 rings (SSSR count). The van der Waals surface area contributed by atoms with Crippen LogP contribution in [0.25, 0.3) is 44.8 Å². The van der Waals surface area contributed by atoms with E-state index in [4.69, 9.17) is 21.6 Å². The summed E-state index contributed by atoms with van der Waals surface area (Å²) in [7, 11) is 0. The third kappa shape index (κ3) is 5.43. The second-order valence-corrected chi connectivity index (χ2v) is 10.3. The first-order valence-electron chi connectivity index (χ1n) is 12.4. The minimum atomic E-state index is -0.164. The third-order valence-corrected chi connectivity index (χ3v) is 7.57. The van der Waals surface area contributed by atoms with Gasteiger partial charge in [0.2, 0.25) is 5.91 Å². The number of para-hydroxylation sites is 2. The summed E-state index contributed by atoms with van der Waals surface area (Å²) < 4.78 is 0. The van der Waals surface area contributed by atoms with Gasteiger partial charge in [0.25, 0.3) is 0 Å². The van der Waals surface area contributed by atoms with E-state index in [0.29, 0.717) is 16.5 Å². The van der Waals surface area contributed by atoms with Gasteiger partial charge < -0.3 is 10.3 Å². The van der Waals surface area contributed by atoms with Crippen molar-refractivity contribution in [3.05, 3.63) is 120 Å². The van der Waals surface area contributed by atoms with E-state index in [9.17, 15) is 4.79 Å². The molecular weight excluding hydrogens is 524 g/mol. The number of rotatable bonds is 7. The summed E-state index contributed by atoms with van der Waals surface area (Å²) >= 11 is 7.60. The number of imidazole rings is 1. The van der Waals surface area contributed by atoms with Gasteiger partial charge in [-0.3, -0.25) is 4.79 Å². The van der Waals surface area contributed by atoms with Gasteiger partial charge in [0, 0.05) is 16.5 Å². The van der Waals surface area contributed by atoms with Crippen LogP contribution in [-0.2, 0) is 4.79 Å². The molecule has 5 nitrogen and oxygen atoms in total. The maximum absolute atomic E-state index is 12.8. The molecule has 4 aromatic carbocycles. The molecule has 2 heterocycles. The summed E-state index contributed by atoms with van der Waals surface area (Å²) in [5.74, 6) is 0.699. The van der Waals surface area contributed by atoms with E-state index in [-0.39, 0.29) is 11.7 Å². The molecule has 1 amide bonds. The van der Waals surface area contributed by atoms with Crippen LogP contribution in [0.1, 0.15) is 0 Å². The third-order valence-electron chi connectivity index (χ3n) is 6.25. The molecule has 0 unspecified atom stereocenters. The molecule has 0 atom stereocenters. The average molecular weight is 547 g/mol. The molecule has 0 radical (unpaired) electrons. The molecule has 0 aliphatic heterocycles. The molecule has 0 aliphatic carbocycles. The van der Waals surface area contributed by atoms with Gasteiger partial charge in [-0.25, -0.2) is 9.97 Å². The van der Waals surface area contributed by atoms with E-state index >= 15 is 0 Å². The van der Waals surface area contributed by atoms with Crippen LogP contribution in [0.2, 0.25) is 5.02 Å². The van der Waals surface area contributed by atoms with Gasteiger partial charge in [-0.1, -0.05) is 114 Å². The largest absolute Gasteiger partial charge is 0.337 e. The monoisotopic (exact) mass is 546 g/mol. The number of benzene rings is 4. The van der Waals surface area contributed by atoms with E-state index in [0.717, 1.165) is 44.0 Å². The predicted molar refractivity (Wildman–Crippen MR) is 161 cm³/mol. The summed E-state index contributed by atoms with van der Waals surface area (Å²) in [6, 6.07) is 37.5. The van der Waals surface area contributed by atoms with E-state index in [2.05, 4.69) is 40.6 Å². The van der Waals surface area contributed by atoms with Crippen molar-refractivity contribution in [3.63, 3.8) is 0 Å². The highest BCUT2D eigenvalue weighted by Crippen LogP contribution is 2.37. The molecule has 0 saturated carbocycles. The Balaban J connectivity index is 1.40. The van der Waals surface area contributed by atoms with Crippen LogP contribution in [0.4, 0.5) is 5.69 Å². The molecule has 6 aromatic rings. The maximum Gasteiger partial charge on any atom is 0.234 e. The highest BCUT2D eigenvalue weighted by molar-refractivity contribution is 8.00. The van der Waals surface area contributed by atoms with Crippen LogP contribution in [0.5, 0.6) is 0 Å². The Hall–Kier alpha value is -4.39. The number of aromatic amines is 1. The molecule has 0 aliphatic rings. The zero-order chi connectivity index (χ0) is 26.6. The predicted octanol–water partition coefficient (Wildman–Crippen LogP) is 8.34. The molecule has 190 valence electrons. The second-order valence-electron chi connectivity index (χ2n) is 8.89. The molecule has 39 heavy (non-hydrogen) atoms. The number of hydrogen-bond acceptors (Lipinski definition) is 4. The molecule has 2 N–H and O–H groups in total. The number of H-pyrrole nitrogens is 1. The molecule has 0 fully saturated rings. The standard InChI is InChI=1S/C32H23ClN4OS/c33-25-16-8-10-18-27(25)34-28(38)20-39-32-24(19-23-15-7-9-17-26(23)35-32)31-36-29(21-11-3-1-4-12-21)30(37-31)22-13-5-2-6-14-22/h1-19H,20H2,(H,34,38)(H,36,37). The van der Waals surface area contributed by atoms with Crippen molar-refractivity contribution in [1.82, 2.24) is 15.0 Å². The number of carbonyl (C=O) groups excluding carboxylic acids is 1. The van der Waals surface area contributed by atoms with Crippen molar-refractivity contribution in [1.29, 1.82) is 0 Å². The van der Waals surface area contributed by atoms with Gasteiger partial charge in [-0.2, -0.15) is 0 Å². The first-order valence-corrected chi connectivity index (χ1v) is 13.8. The van der Waals surface area contributed by atoms with Crippen molar-refractivity contribution in [2.24, 2.45) is 0 Å². The number of carbonyl (C=O) groups is 1. The van der Waals surface area contributed by atoms with Crippen molar-refractivity contribution in [3.8, 4) is 33.9 Å². The quantitative estimate of drug-likeness (QED) is 0.197. The Morgan fingerprint density at radius 1 is 0.795 bits per heavy atom. The summed E-state index contributed by atoms with van der Waals surface area (Å²) in [6.45, 7) is 0. The van der Waals surface area contributed by atoms with Crippen LogP contribution in [0.15, 0.2) is 120 Å². The topological polar surface area (TPSA) is 70.7 Å². The fourth-order valence-corrected chi connectivity index (χ4v) is 5.38. The first-order chi connectivity index (χ1) is 19.2. The smallest absolute Gasteiger partial charge is 0.234 e. The first kappa shape index (κ1) is 24.9. The number of fused-ring (bicyclic) bond motifs is 1. The number of aromatic nitrogens is 3. The SMILES string of the molecule is O=C(CSc1nc2ccccc2cc1-c1nc(-c2ccccc2)c(-c2ccccc2)[nH]1)Nc1ccccc1Cl. The number of nitrogens with zero attached hydrogens (tertiary/aromatic N) is 2. The Morgan fingerprint density at radius 2 is 1.46 bits per heavy atom. The van der Waals surface area contributed by atoms with Crippen molar-refractivity contribution in [2.45, 2.75) is 5.03 Å². The van der Waals surface area contributed by atoms with Crippen LogP contribution in [0, 0.1) is 0 Å². The summed E-state index contributed by atoms with van der Waals surface area (Å²) in [5, 5.41) is 5.10.